The third-order valence-electron chi connectivity index (χ3n) is 8.85. The lowest BCUT2D eigenvalue weighted by atomic mass is 9.98. The zero-order valence-electron chi connectivity index (χ0n) is 25.0. The van der Waals surface area contributed by atoms with Crippen LogP contribution in [0, 0.1) is 0 Å². The van der Waals surface area contributed by atoms with Crippen molar-refractivity contribution in [2.75, 3.05) is 4.90 Å². The maximum absolute atomic E-state index is 6.65. The predicted molar refractivity (Wildman–Crippen MR) is 192 cm³/mol. The largest absolute Gasteiger partial charge is 0.452 e. The van der Waals surface area contributed by atoms with E-state index in [1.165, 1.54) is 33.0 Å². The molecule has 0 saturated heterocycles. The number of anilines is 3. The van der Waals surface area contributed by atoms with Gasteiger partial charge in [0.2, 0.25) is 0 Å². The smallest absolute Gasteiger partial charge is 0.161 e. The molecule has 2 aromatic heterocycles. The number of hydrogen-bond donors (Lipinski definition) is 0. The standard InChI is InChI=1S/C43H28N2O/c1-2-10-29(11-3-1)30-20-24-34(25-21-30)45(35-26-22-32(23-27-35)37-16-8-14-31-12-4-6-15-36(31)37)40-19-9-17-38-42-41(46-43(38)40)28-33-13-5-7-18-39(33)44-42/h1-28H. The van der Waals surface area contributed by atoms with Gasteiger partial charge in [-0.1, -0.05) is 121 Å². The van der Waals surface area contributed by atoms with Gasteiger partial charge in [-0.2, -0.15) is 0 Å². The maximum atomic E-state index is 6.65. The van der Waals surface area contributed by atoms with Gasteiger partial charge in [-0.15, -0.1) is 0 Å². The van der Waals surface area contributed by atoms with E-state index in [2.05, 4.69) is 157 Å². The summed E-state index contributed by atoms with van der Waals surface area (Å²) in [5.74, 6) is 0. The third kappa shape index (κ3) is 4.41. The summed E-state index contributed by atoms with van der Waals surface area (Å²) in [5, 5.41) is 4.55. The van der Waals surface area contributed by atoms with Gasteiger partial charge in [0.05, 0.1) is 11.2 Å². The molecular formula is C43H28N2O. The molecule has 9 rings (SSSR count). The van der Waals surface area contributed by atoms with Crippen LogP contribution in [0.1, 0.15) is 0 Å². The summed E-state index contributed by atoms with van der Waals surface area (Å²) in [4.78, 5) is 7.30. The molecule has 216 valence electrons. The van der Waals surface area contributed by atoms with E-state index < -0.39 is 0 Å². The maximum Gasteiger partial charge on any atom is 0.161 e. The van der Waals surface area contributed by atoms with Crippen molar-refractivity contribution in [1.29, 1.82) is 0 Å². The molecule has 0 bridgehead atoms. The van der Waals surface area contributed by atoms with E-state index in [9.17, 15) is 0 Å². The number of benzene rings is 7. The molecular weight excluding hydrogens is 560 g/mol. The van der Waals surface area contributed by atoms with Crippen molar-refractivity contribution in [3.63, 3.8) is 0 Å². The Bertz CT molecular complexity index is 2510. The van der Waals surface area contributed by atoms with E-state index in [4.69, 9.17) is 9.40 Å². The van der Waals surface area contributed by atoms with Crippen molar-refractivity contribution in [1.82, 2.24) is 4.98 Å². The molecule has 0 saturated carbocycles. The Morgan fingerprint density at radius 3 is 1.87 bits per heavy atom. The normalized spacial score (nSPS) is 11.5. The molecule has 3 heteroatoms. The molecule has 0 amide bonds. The summed E-state index contributed by atoms with van der Waals surface area (Å²) in [5.41, 5.74) is 11.2. The molecule has 0 fully saturated rings. The van der Waals surface area contributed by atoms with Crippen molar-refractivity contribution in [2.45, 2.75) is 0 Å². The second-order valence-electron chi connectivity index (χ2n) is 11.6. The molecule has 2 heterocycles. The first-order valence-electron chi connectivity index (χ1n) is 15.5. The van der Waals surface area contributed by atoms with E-state index in [-0.39, 0.29) is 0 Å². The van der Waals surface area contributed by atoms with Crippen LogP contribution in [0.25, 0.3) is 66.0 Å². The lowest BCUT2D eigenvalue weighted by Gasteiger charge is -2.26. The van der Waals surface area contributed by atoms with Gasteiger partial charge in [-0.3, -0.25) is 0 Å². The molecule has 0 atom stereocenters. The van der Waals surface area contributed by atoms with Gasteiger partial charge < -0.3 is 9.32 Å². The van der Waals surface area contributed by atoms with Gasteiger partial charge in [0.25, 0.3) is 0 Å². The van der Waals surface area contributed by atoms with E-state index in [1.54, 1.807) is 0 Å². The van der Waals surface area contributed by atoms with Crippen LogP contribution in [0.5, 0.6) is 0 Å². The van der Waals surface area contributed by atoms with Crippen LogP contribution < -0.4 is 4.90 Å². The van der Waals surface area contributed by atoms with Gasteiger partial charge in [0, 0.05) is 22.1 Å². The van der Waals surface area contributed by atoms with Crippen LogP contribution in [-0.4, -0.2) is 4.98 Å². The minimum atomic E-state index is 0.784. The summed E-state index contributed by atoms with van der Waals surface area (Å²) in [6.07, 6.45) is 0. The quantitative estimate of drug-likeness (QED) is 0.200. The summed E-state index contributed by atoms with van der Waals surface area (Å²) < 4.78 is 6.65. The number of pyridine rings is 1. The Hall–Kier alpha value is -6.19. The van der Waals surface area contributed by atoms with E-state index in [0.717, 1.165) is 50.0 Å². The van der Waals surface area contributed by atoms with Crippen molar-refractivity contribution < 1.29 is 4.42 Å². The summed E-state index contributed by atoms with van der Waals surface area (Å²) in [6, 6.07) is 59.8. The Balaban J connectivity index is 1.22. The lowest BCUT2D eigenvalue weighted by molar-refractivity contribution is 0.669. The fourth-order valence-electron chi connectivity index (χ4n) is 6.60. The van der Waals surface area contributed by atoms with Crippen LogP contribution >= 0.6 is 0 Å². The Morgan fingerprint density at radius 1 is 0.457 bits per heavy atom. The van der Waals surface area contributed by atoms with Crippen molar-refractivity contribution in [3.8, 4) is 22.3 Å². The Morgan fingerprint density at radius 2 is 1.07 bits per heavy atom. The van der Waals surface area contributed by atoms with Crippen LogP contribution in [0.3, 0.4) is 0 Å². The molecule has 0 unspecified atom stereocenters. The average molecular weight is 589 g/mol. The minimum absolute atomic E-state index is 0.784. The number of nitrogens with zero attached hydrogens (tertiary/aromatic N) is 2. The number of hydrogen-bond acceptors (Lipinski definition) is 3. The van der Waals surface area contributed by atoms with Gasteiger partial charge in [-0.25, -0.2) is 4.98 Å². The van der Waals surface area contributed by atoms with E-state index >= 15 is 0 Å². The van der Waals surface area contributed by atoms with Gasteiger partial charge in [0.15, 0.2) is 11.2 Å². The number of fused-ring (bicyclic) bond motifs is 5. The molecule has 0 radical (unpaired) electrons. The highest BCUT2D eigenvalue weighted by atomic mass is 16.3. The SMILES string of the molecule is c1ccc(-c2ccc(N(c3ccc(-c4cccc5ccccc45)cc3)c3cccc4c3oc3cc5ccccc5nc34)cc2)cc1. The Kier molecular flexibility index (Phi) is 6.14. The molecule has 7 aromatic carbocycles. The molecule has 0 aliphatic rings. The first kappa shape index (κ1) is 26.2. The number of para-hydroxylation sites is 2. The second-order valence-corrected chi connectivity index (χ2v) is 11.6. The molecule has 0 N–H and O–H groups in total. The topological polar surface area (TPSA) is 29.3 Å². The fourth-order valence-corrected chi connectivity index (χ4v) is 6.60. The number of rotatable bonds is 5. The van der Waals surface area contributed by atoms with Crippen LogP contribution in [0.15, 0.2) is 174 Å². The predicted octanol–water partition coefficient (Wildman–Crippen LogP) is 12.1. The average Bonchev–Trinajstić information content (AvgIpc) is 3.49. The molecule has 0 aliphatic carbocycles. The zero-order valence-corrected chi connectivity index (χ0v) is 25.0. The Labute approximate surface area is 266 Å². The summed E-state index contributed by atoms with van der Waals surface area (Å²) in [7, 11) is 0. The van der Waals surface area contributed by atoms with E-state index in [0.29, 0.717) is 0 Å². The van der Waals surface area contributed by atoms with E-state index in [1.807, 2.05) is 18.2 Å². The van der Waals surface area contributed by atoms with Crippen molar-refractivity contribution >= 4 is 60.8 Å². The van der Waals surface area contributed by atoms with Crippen molar-refractivity contribution in [2.24, 2.45) is 0 Å². The molecule has 9 aromatic rings. The highest BCUT2D eigenvalue weighted by Crippen LogP contribution is 2.43. The zero-order chi connectivity index (χ0) is 30.5. The van der Waals surface area contributed by atoms with Gasteiger partial charge >= 0.3 is 0 Å². The molecule has 0 aliphatic heterocycles. The number of aromatic nitrogens is 1. The molecule has 3 nitrogen and oxygen atoms in total. The fraction of sp³-hybridized carbons (Fsp3) is 0. The van der Waals surface area contributed by atoms with Gasteiger partial charge in [0.1, 0.15) is 5.52 Å². The van der Waals surface area contributed by atoms with Gasteiger partial charge in [-0.05, 0) is 81.6 Å². The van der Waals surface area contributed by atoms with Crippen LogP contribution in [0.4, 0.5) is 17.1 Å². The molecule has 0 spiro atoms. The third-order valence-corrected chi connectivity index (χ3v) is 8.85. The van der Waals surface area contributed by atoms with Crippen LogP contribution in [0.2, 0.25) is 0 Å². The summed E-state index contributed by atoms with van der Waals surface area (Å²) >= 11 is 0. The monoisotopic (exact) mass is 588 g/mol. The lowest BCUT2D eigenvalue weighted by Crippen LogP contribution is -2.10. The first-order chi connectivity index (χ1) is 22.8. The van der Waals surface area contributed by atoms with Crippen molar-refractivity contribution in [3.05, 3.63) is 170 Å². The number of furan rings is 1. The highest BCUT2D eigenvalue weighted by molar-refractivity contribution is 6.10. The first-order valence-corrected chi connectivity index (χ1v) is 15.5. The minimum Gasteiger partial charge on any atom is -0.452 e. The second kappa shape index (κ2) is 10.8. The molecule has 46 heavy (non-hydrogen) atoms. The summed E-state index contributed by atoms with van der Waals surface area (Å²) in [6.45, 7) is 0. The van der Waals surface area contributed by atoms with Crippen LogP contribution in [-0.2, 0) is 0 Å². The highest BCUT2D eigenvalue weighted by Gasteiger charge is 2.20.